The van der Waals surface area contributed by atoms with Gasteiger partial charge in [0.05, 0.1) is 0 Å². The summed E-state index contributed by atoms with van der Waals surface area (Å²) >= 11 is 14.9. The fourth-order valence-electron chi connectivity index (χ4n) is 0.235. The van der Waals surface area contributed by atoms with Crippen LogP contribution in [0.3, 0.4) is 0 Å². The average Bonchev–Trinajstić information content (AvgIpc) is 1.58. The summed E-state index contributed by atoms with van der Waals surface area (Å²) in [5.74, 6) is 0. The first-order chi connectivity index (χ1) is 4.52. The van der Waals surface area contributed by atoms with Gasteiger partial charge < -0.3 is 11.5 Å². The van der Waals surface area contributed by atoms with Gasteiger partial charge in [-0.1, -0.05) is 0 Å². The Labute approximate surface area is 131 Å². The largest absolute Gasteiger partial charge is 1.00 e. The third-order valence-electron chi connectivity index (χ3n) is 0.459. The van der Waals surface area contributed by atoms with Gasteiger partial charge in [0.2, 0.25) is 0 Å². The SMILES string of the molecule is O=C(NC(S)S)OC(S)S.[H-].[K+]. The van der Waals surface area contributed by atoms with Gasteiger partial charge in [0.1, 0.15) is 4.71 Å². The van der Waals surface area contributed by atoms with Gasteiger partial charge in [0.15, 0.2) is 4.77 Å². The fraction of sp³-hybridized carbons (Fsp3) is 0.667. The minimum atomic E-state index is -0.722. The molecule has 0 aliphatic carbocycles. The third-order valence-corrected chi connectivity index (χ3v) is 0.928. The average molecular weight is 257 g/mol. The number of alkyl carbamates (subject to hydrolysis) is 1. The van der Waals surface area contributed by atoms with Gasteiger partial charge >= 0.3 is 57.5 Å². The van der Waals surface area contributed by atoms with Crippen LogP contribution < -0.4 is 56.7 Å². The van der Waals surface area contributed by atoms with Gasteiger partial charge in [-0.3, -0.25) is 0 Å². The van der Waals surface area contributed by atoms with Crippen LogP contribution in [0.1, 0.15) is 1.43 Å². The van der Waals surface area contributed by atoms with Crippen molar-refractivity contribution in [2.75, 3.05) is 0 Å². The van der Waals surface area contributed by atoms with E-state index >= 15 is 0 Å². The van der Waals surface area contributed by atoms with Crippen molar-refractivity contribution in [1.82, 2.24) is 5.32 Å². The maximum absolute atomic E-state index is 10.5. The van der Waals surface area contributed by atoms with Gasteiger partial charge in [-0.2, -0.15) is 0 Å². The van der Waals surface area contributed by atoms with Crippen molar-refractivity contribution in [2.24, 2.45) is 0 Å². The molecule has 0 aliphatic rings. The van der Waals surface area contributed by atoms with Crippen LogP contribution in [0.25, 0.3) is 0 Å². The summed E-state index contributed by atoms with van der Waals surface area (Å²) in [6.45, 7) is 0. The summed E-state index contributed by atoms with van der Waals surface area (Å²) in [7, 11) is 0. The normalized spacial score (nSPS) is 9.27. The molecule has 0 unspecified atom stereocenters. The maximum atomic E-state index is 10.5. The summed E-state index contributed by atoms with van der Waals surface area (Å²) in [6, 6.07) is 0. The molecular formula is C3H8KNO2S4. The van der Waals surface area contributed by atoms with Crippen molar-refractivity contribution < 1.29 is 62.3 Å². The van der Waals surface area contributed by atoms with Crippen molar-refractivity contribution >= 4 is 56.6 Å². The van der Waals surface area contributed by atoms with Crippen molar-refractivity contribution in [3.8, 4) is 0 Å². The molecule has 8 heteroatoms. The molecule has 1 N–H and O–H groups in total. The van der Waals surface area contributed by atoms with Crippen LogP contribution in [0.15, 0.2) is 0 Å². The van der Waals surface area contributed by atoms with Crippen LogP contribution in [0.2, 0.25) is 0 Å². The second-order valence-corrected chi connectivity index (χ2v) is 4.04. The molecule has 62 valence electrons. The zero-order chi connectivity index (χ0) is 8.15. The summed E-state index contributed by atoms with van der Waals surface area (Å²) in [5.41, 5.74) is 0. The summed E-state index contributed by atoms with van der Waals surface area (Å²) in [6.07, 6.45) is -0.648. The van der Waals surface area contributed by atoms with E-state index in [4.69, 9.17) is 0 Å². The Morgan fingerprint density at radius 3 is 2.09 bits per heavy atom. The second-order valence-electron chi connectivity index (χ2n) is 1.25. The summed E-state index contributed by atoms with van der Waals surface area (Å²) < 4.78 is 3.19. The Balaban J connectivity index is -0.000000405. The molecule has 0 spiro atoms. The molecule has 0 rings (SSSR count). The molecule has 0 aromatic carbocycles. The molecule has 3 nitrogen and oxygen atoms in total. The Morgan fingerprint density at radius 2 is 1.82 bits per heavy atom. The third kappa shape index (κ3) is 12.3. The van der Waals surface area contributed by atoms with E-state index in [1.54, 1.807) is 0 Å². The Morgan fingerprint density at radius 1 is 1.36 bits per heavy atom. The van der Waals surface area contributed by atoms with Crippen LogP contribution >= 0.6 is 50.5 Å². The van der Waals surface area contributed by atoms with Gasteiger partial charge in [-0.05, 0) is 0 Å². The second kappa shape index (κ2) is 8.88. The van der Waals surface area contributed by atoms with Crippen molar-refractivity contribution in [2.45, 2.75) is 9.47 Å². The van der Waals surface area contributed by atoms with Crippen LogP contribution in [0, 0.1) is 0 Å². The number of carbonyl (C=O) groups is 1. The van der Waals surface area contributed by atoms with E-state index in [-0.39, 0.29) is 52.8 Å². The van der Waals surface area contributed by atoms with E-state index < -0.39 is 15.6 Å². The van der Waals surface area contributed by atoms with Crippen molar-refractivity contribution in [3.63, 3.8) is 0 Å². The zero-order valence-electron chi connectivity index (χ0n) is 6.76. The number of nitrogens with one attached hydrogen (secondary N) is 1. The number of carbonyl (C=O) groups excluding carboxylic acids is 1. The van der Waals surface area contributed by atoms with E-state index in [0.29, 0.717) is 0 Å². The summed E-state index contributed by atoms with van der Waals surface area (Å²) in [4.78, 5) is 10.5. The molecule has 1 amide bonds. The van der Waals surface area contributed by atoms with E-state index in [1.165, 1.54) is 0 Å². The molecule has 0 aromatic heterocycles. The molecule has 0 saturated heterocycles. The minimum Gasteiger partial charge on any atom is -1.00 e. The monoisotopic (exact) mass is 257 g/mol. The molecule has 0 bridgehead atoms. The molecule has 0 fully saturated rings. The number of ether oxygens (including phenoxy) is 1. The molecule has 11 heavy (non-hydrogen) atoms. The van der Waals surface area contributed by atoms with Crippen molar-refractivity contribution in [3.05, 3.63) is 0 Å². The number of rotatable bonds is 2. The molecule has 0 aliphatic heterocycles. The standard InChI is InChI=1S/C3H7NO2S4.K.H/c5-1(4-2(7)8)6-3(9)10;;/h2-3,7-10H,(H,4,5);;/q;+1;-1. The van der Waals surface area contributed by atoms with Crippen LogP contribution in [-0.4, -0.2) is 15.6 Å². The number of amides is 1. The van der Waals surface area contributed by atoms with Gasteiger partial charge in [-0.15, -0.1) is 50.5 Å². The molecular weight excluding hydrogens is 249 g/mol. The topological polar surface area (TPSA) is 38.3 Å². The van der Waals surface area contributed by atoms with E-state index in [9.17, 15) is 4.79 Å². The first-order valence-corrected chi connectivity index (χ1v) is 4.28. The van der Waals surface area contributed by atoms with Crippen molar-refractivity contribution in [1.29, 1.82) is 0 Å². The molecule has 0 saturated carbocycles. The molecule has 0 atom stereocenters. The molecule has 0 heterocycles. The first kappa shape index (κ1) is 15.8. The number of hydrogen-bond donors (Lipinski definition) is 5. The first-order valence-electron chi connectivity index (χ1n) is 2.22. The summed E-state index contributed by atoms with van der Waals surface area (Å²) in [5, 5.41) is 2.24. The van der Waals surface area contributed by atoms with Gasteiger partial charge in [0.25, 0.3) is 0 Å². The Hall–Kier alpha value is 2.31. The smallest absolute Gasteiger partial charge is 1.00 e. The van der Waals surface area contributed by atoms with Gasteiger partial charge in [0, 0.05) is 0 Å². The fourth-order valence-corrected chi connectivity index (χ4v) is 0.637. The quantitative estimate of drug-likeness (QED) is 0.228. The number of hydrogen-bond acceptors (Lipinski definition) is 6. The molecule has 0 radical (unpaired) electrons. The molecule has 0 aromatic rings. The van der Waals surface area contributed by atoms with Gasteiger partial charge in [-0.25, -0.2) is 4.79 Å². The Kier molecular flexibility index (Phi) is 12.7. The predicted octanol–water partition coefficient (Wildman–Crippen LogP) is -1.88. The van der Waals surface area contributed by atoms with E-state index in [1.807, 2.05) is 0 Å². The Bertz CT molecular complexity index is 115. The minimum absolute atomic E-state index is 0. The maximum Gasteiger partial charge on any atom is 1.00 e. The van der Waals surface area contributed by atoms with E-state index in [0.717, 1.165) is 0 Å². The van der Waals surface area contributed by atoms with E-state index in [2.05, 4.69) is 60.6 Å². The van der Waals surface area contributed by atoms with Crippen LogP contribution in [-0.2, 0) is 4.74 Å². The van der Waals surface area contributed by atoms with Crippen LogP contribution in [0.5, 0.6) is 0 Å². The predicted molar refractivity (Wildman–Crippen MR) is 54.2 cm³/mol. The number of thiol groups is 4. The van der Waals surface area contributed by atoms with Crippen LogP contribution in [0.4, 0.5) is 4.79 Å². The zero-order valence-corrected chi connectivity index (χ0v) is 12.5.